The molecule has 0 aliphatic carbocycles. The molecule has 0 unspecified atom stereocenters. The number of likely N-dealkylation sites (tertiary alicyclic amines) is 1. The highest BCUT2D eigenvalue weighted by Gasteiger charge is 2.39. The maximum absolute atomic E-state index is 12.7. The van der Waals surface area contributed by atoms with Crippen LogP contribution in [0.4, 0.5) is 5.69 Å². The molecule has 3 aliphatic heterocycles. The zero-order chi connectivity index (χ0) is 19.5. The van der Waals surface area contributed by atoms with Gasteiger partial charge >= 0.3 is 0 Å². The van der Waals surface area contributed by atoms with Crippen molar-refractivity contribution in [1.82, 2.24) is 20.0 Å². The molecule has 0 aromatic heterocycles. The minimum Gasteiger partial charge on any atom is -0.368 e. The quantitative estimate of drug-likeness (QED) is 0.736. The Morgan fingerprint density at radius 2 is 1.68 bits per heavy atom. The number of anilines is 1. The van der Waals surface area contributed by atoms with Gasteiger partial charge in [-0.15, -0.1) is 0 Å². The van der Waals surface area contributed by atoms with Gasteiger partial charge < -0.3 is 20.0 Å². The Balaban J connectivity index is 1.20. The van der Waals surface area contributed by atoms with Crippen LogP contribution in [0.2, 0.25) is 0 Å². The van der Waals surface area contributed by atoms with Crippen LogP contribution in [0.15, 0.2) is 30.3 Å². The van der Waals surface area contributed by atoms with E-state index in [1.165, 1.54) is 5.69 Å². The van der Waals surface area contributed by atoms with Gasteiger partial charge in [0, 0.05) is 58.0 Å². The number of piperazine rings is 2. The van der Waals surface area contributed by atoms with Crippen molar-refractivity contribution in [2.45, 2.75) is 0 Å². The summed E-state index contributed by atoms with van der Waals surface area (Å²) in [5.41, 5.74) is 1.20. The third-order valence-electron chi connectivity index (χ3n) is 5.77. The molecule has 3 saturated heterocycles. The van der Waals surface area contributed by atoms with E-state index in [2.05, 4.69) is 22.3 Å². The molecule has 0 radical (unpaired) electrons. The van der Waals surface area contributed by atoms with Crippen molar-refractivity contribution in [3.05, 3.63) is 30.3 Å². The van der Waals surface area contributed by atoms with Crippen molar-refractivity contribution < 1.29 is 14.4 Å². The average molecular weight is 385 g/mol. The lowest BCUT2D eigenvalue weighted by molar-refractivity contribution is -0.149. The summed E-state index contributed by atoms with van der Waals surface area (Å²) < 4.78 is 0. The molecule has 0 saturated carbocycles. The van der Waals surface area contributed by atoms with Crippen LogP contribution >= 0.6 is 0 Å². The normalized spacial score (nSPS) is 21.3. The largest absolute Gasteiger partial charge is 0.368 e. The first-order chi connectivity index (χ1) is 13.6. The van der Waals surface area contributed by atoms with Crippen molar-refractivity contribution in [3.63, 3.8) is 0 Å². The standard InChI is InChI=1S/C20H27N5O3/c26-18-14-22(7-6-21-18)15-19(27)25-12-16(13-25)20(28)24-10-8-23(9-11-24)17-4-2-1-3-5-17/h1-5,16H,6-15H2,(H,21,26). The minimum atomic E-state index is -0.0862. The third-order valence-corrected chi connectivity index (χ3v) is 5.77. The molecule has 0 bridgehead atoms. The van der Waals surface area contributed by atoms with E-state index >= 15 is 0 Å². The number of nitrogens with zero attached hydrogens (tertiary/aromatic N) is 4. The van der Waals surface area contributed by atoms with Gasteiger partial charge in [0.1, 0.15) is 0 Å². The first kappa shape index (κ1) is 18.7. The van der Waals surface area contributed by atoms with E-state index < -0.39 is 0 Å². The van der Waals surface area contributed by atoms with E-state index in [-0.39, 0.29) is 36.7 Å². The average Bonchev–Trinajstić information content (AvgIpc) is 2.67. The number of benzene rings is 1. The van der Waals surface area contributed by atoms with Crippen molar-refractivity contribution in [2.75, 3.05) is 70.3 Å². The molecule has 3 aliphatic rings. The molecule has 3 amide bonds. The summed E-state index contributed by atoms with van der Waals surface area (Å²) in [5, 5.41) is 2.76. The fourth-order valence-electron chi connectivity index (χ4n) is 4.04. The summed E-state index contributed by atoms with van der Waals surface area (Å²) in [5.74, 6) is 0.0454. The van der Waals surface area contributed by atoms with Crippen LogP contribution in [0.3, 0.4) is 0 Å². The van der Waals surface area contributed by atoms with E-state index in [1.54, 1.807) is 4.90 Å². The van der Waals surface area contributed by atoms with E-state index in [1.807, 2.05) is 28.0 Å². The van der Waals surface area contributed by atoms with Gasteiger partial charge in [-0.3, -0.25) is 19.3 Å². The van der Waals surface area contributed by atoms with Crippen molar-refractivity contribution in [2.24, 2.45) is 5.92 Å². The number of hydrogen-bond donors (Lipinski definition) is 1. The van der Waals surface area contributed by atoms with Crippen LogP contribution in [-0.4, -0.2) is 97.9 Å². The van der Waals surface area contributed by atoms with Gasteiger partial charge in [-0.25, -0.2) is 0 Å². The van der Waals surface area contributed by atoms with Gasteiger partial charge in [0.25, 0.3) is 0 Å². The predicted molar refractivity (Wildman–Crippen MR) is 105 cm³/mol. The number of nitrogens with one attached hydrogen (secondary N) is 1. The number of carbonyl (C=O) groups is 3. The van der Waals surface area contributed by atoms with Crippen molar-refractivity contribution in [1.29, 1.82) is 0 Å². The molecule has 1 N–H and O–H groups in total. The summed E-state index contributed by atoms with van der Waals surface area (Å²) in [7, 11) is 0. The Morgan fingerprint density at radius 3 is 2.36 bits per heavy atom. The maximum Gasteiger partial charge on any atom is 0.236 e. The number of hydrogen-bond acceptors (Lipinski definition) is 5. The molecular formula is C20H27N5O3. The van der Waals surface area contributed by atoms with Gasteiger partial charge in [0.2, 0.25) is 17.7 Å². The second kappa shape index (κ2) is 8.18. The lowest BCUT2D eigenvalue weighted by Gasteiger charge is -2.43. The van der Waals surface area contributed by atoms with Crippen LogP contribution in [0.1, 0.15) is 0 Å². The maximum atomic E-state index is 12.7. The molecule has 8 heteroatoms. The van der Waals surface area contributed by atoms with Crippen LogP contribution < -0.4 is 10.2 Å². The first-order valence-corrected chi connectivity index (χ1v) is 9.96. The second-order valence-corrected chi connectivity index (χ2v) is 7.70. The van der Waals surface area contributed by atoms with Gasteiger partial charge in [-0.2, -0.15) is 0 Å². The van der Waals surface area contributed by atoms with Gasteiger partial charge in [0.05, 0.1) is 19.0 Å². The Labute approximate surface area is 165 Å². The smallest absolute Gasteiger partial charge is 0.236 e. The molecule has 0 atom stereocenters. The monoisotopic (exact) mass is 385 g/mol. The molecule has 3 heterocycles. The first-order valence-electron chi connectivity index (χ1n) is 9.96. The van der Waals surface area contributed by atoms with E-state index in [4.69, 9.17) is 0 Å². The summed E-state index contributed by atoms with van der Waals surface area (Å²) in [6.07, 6.45) is 0. The summed E-state index contributed by atoms with van der Waals surface area (Å²) in [6, 6.07) is 10.3. The fraction of sp³-hybridized carbons (Fsp3) is 0.550. The molecule has 1 aromatic carbocycles. The highest BCUT2D eigenvalue weighted by molar-refractivity contribution is 5.86. The SMILES string of the molecule is O=C1CN(CC(=O)N2CC(C(=O)N3CCN(c4ccccc4)CC3)C2)CCN1. The van der Waals surface area contributed by atoms with E-state index in [9.17, 15) is 14.4 Å². The summed E-state index contributed by atoms with van der Waals surface area (Å²) in [4.78, 5) is 44.3. The summed E-state index contributed by atoms with van der Waals surface area (Å²) >= 11 is 0. The molecule has 150 valence electrons. The number of para-hydroxylation sites is 1. The van der Waals surface area contributed by atoms with Crippen molar-refractivity contribution in [3.8, 4) is 0 Å². The highest BCUT2D eigenvalue weighted by atomic mass is 16.2. The highest BCUT2D eigenvalue weighted by Crippen LogP contribution is 2.21. The molecule has 0 spiro atoms. The molecule has 28 heavy (non-hydrogen) atoms. The minimum absolute atomic E-state index is 0.00708. The number of carbonyl (C=O) groups excluding carboxylic acids is 3. The molecule has 8 nitrogen and oxygen atoms in total. The van der Waals surface area contributed by atoms with Crippen LogP contribution in [0.5, 0.6) is 0 Å². The predicted octanol–water partition coefficient (Wildman–Crippen LogP) is -0.775. The Hall–Kier alpha value is -2.61. The van der Waals surface area contributed by atoms with E-state index in [0.29, 0.717) is 26.2 Å². The topological polar surface area (TPSA) is 76.2 Å². The Bertz CT molecular complexity index is 727. The van der Waals surface area contributed by atoms with Crippen molar-refractivity contribution >= 4 is 23.4 Å². The molecule has 4 rings (SSSR count). The van der Waals surface area contributed by atoms with Crippen LogP contribution in [0, 0.1) is 5.92 Å². The third kappa shape index (κ3) is 4.11. The van der Waals surface area contributed by atoms with Gasteiger partial charge in [-0.05, 0) is 12.1 Å². The molecule has 1 aromatic rings. The second-order valence-electron chi connectivity index (χ2n) is 7.70. The van der Waals surface area contributed by atoms with E-state index in [0.717, 1.165) is 26.2 Å². The molecular weight excluding hydrogens is 358 g/mol. The fourth-order valence-corrected chi connectivity index (χ4v) is 4.04. The van der Waals surface area contributed by atoms with Crippen LogP contribution in [-0.2, 0) is 14.4 Å². The lowest BCUT2D eigenvalue weighted by atomic mass is 9.97. The van der Waals surface area contributed by atoms with Crippen LogP contribution in [0.25, 0.3) is 0 Å². The number of amides is 3. The lowest BCUT2D eigenvalue weighted by Crippen LogP contribution is -2.61. The zero-order valence-electron chi connectivity index (χ0n) is 16.0. The van der Waals surface area contributed by atoms with Gasteiger partial charge in [-0.1, -0.05) is 18.2 Å². The zero-order valence-corrected chi connectivity index (χ0v) is 16.0. The van der Waals surface area contributed by atoms with Gasteiger partial charge in [0.15, 0.2) is 0 Å². The Morgan fingerprint density at radius 1 is 0.964 bits per heavy atom. The Kier molecular flexibility index (Phi) is 5.47. The molecule has 3 fully saturated rings. The number of rotatable bonds is 4. The summed E-state index contributed by atoms with van der Waals surface area (Å²) in [6.45, 7) is 5.92.